The van der Waals surface area contributed by atoms with Crippen molar-refractivity contribution in [3.8, 4) is 0 Å². The van der Waals surface area contributed by atoms with Crippen LogP contribution in [0.5, 0.6) is 0 Å². The maximum Gasteiger partial charge on any atom is 0.303 e. The molecule has 0 aliphatic heterocycles. The Hall–Kier alpha value is -1.90. The molecule has 0 atom stereocenters. The van der Waals surface area contributed by atoms with Gasteiger partial charge in [0.15, 0.2) is 4.90 Å². The van der Waals surface area contributed by atoms with Crippen molar-refractivity contribution >= 4 is 27.5 Å². The van der Waals surface area contributed by atoms with E-state index in [2.05, 4.69) is 0 Å². The van der Waals surface area contributed by atoms with Crippen molar-refractivity contribution in [3.63, 3.8) is 0 Å². The van der Waals surface area contributed by atoms with Crippen LogP contribution >= 0.6 is 11.8 Å². The van der Waals surface area contributed by atoms with Crippen molar-refractivity contribution in [2.45, 2.75) is 21.6 Å². The number of nitro groups is 1. The summed E-state index contributed by atoms with van der Waals surface area (Å²) in [5.74, 6) is 0. The fourth-order valence-electron chi connectivity index (χ4n) is 1.73. The van der Waals surface area contributed by atoms with E-state index in [1.807, 2.05) is 31.2 Å². The molecule has 0 spiro atoms. The van der Waals surface area contributed by atoms with Crippen molar-refractivity contribution < 1.29 is 13.3 Å². The van der Waals surface area contributed by atoms with E-state index in [0.717, 1.165) is 28.3 Å². The summed E-state index contributed by atoms with van der Waals surface area (Å²) < 4.78 is 22.9. The second-order valence-corrected chi connectivity index (χ2v) is 6.97. The molecule has 0 aromatic heterocycles. The lowest BCUT2D eigenvalue weighted by molar-refractivity contribution is -0.390. The Morgan fingerprint density at radius 2 is 1.76 bits per heavy atom. The number of rotatable bonds is 4. The zero-order valence-corrected chi connectivity index (χ0v) is 12.6. The molecule has 2 aromatic rings. The van der Waals surface area contributed by atoms with Gasteiger partial charge in [0.1, 0.15) is 0 Å². The topological polar surface area (TPSA) is 103 Å². The van der Waals surface area contributed by atoms with Crippen LogP contribution in [0.3, 0.4) is 0 Å². The molecular formula is C13H12N2O4S2. The molecule has 0 saturated heterocycles. The van der Waals surface area contributed by atoms with E-state index >= 15 is 0 Å². The second kappa shape index (κ2) is 5.84. The zero-order valence-electron chi connectivity index (χ0n) is 11.0. The van der Waals surface area contributed by atoms with E-state index < -0.39 is 25.5 Å². The number of nitro benzene ring substituents is 1. The van der Waals surface area contributed by atoms with Crippen molar-refractivity contribution in [3.05, 3.63) is 58.1 Å². The van der Waals surface area contributed by atoms with Crippen LogP contribution in [0.4, 0.5) is 5.69 Å². The molecule has 2 N–H and O–H groups in total. The van der Waals surface area contributed by atoms with Crippen LogP contribution in [0.25, 0.3) is 0 Å². The van der Waals surface area contributed by atoms with Crippen LogP contribution in [0, 0.1) is 17.0 Å². The third-order valence-corrected chi connectivity index (χ3v) is 4.70. The minimum absolute atomic E-state index is 0.232. The molecule has 110 valence electrons. The summed E-state index contributed by atoms with van der Waals surface area (Å²) in [5, 5.41) is 16.2. The smallest absolute Gasteiger partial charge is 0.258 e. The molecule has 0 aliphatic rings. The van der Waals surface area contributed by atoms with Crippen LogP contribution in [0.15, 0.2) is 57.2 Å². The molecule has 0 aliphatic carbocycles. The summed E-state index contributed by atoms with van der Waals surface area (Å²) >= 11 is 1.12. The highest BCUT2D eigenvalue weighted by Crippen LogP contribution is 2.38. The molecule has 0 amide bonds. The van der Waals surface area contributed by atoms with Gasteiger partial charge in [-0.25, -0.2) is 13.6 Å². The fraction of sp³-hybridized carbons (Fsp3) is 0.0769. The summed E-state index contributed by atoms with van der Waals surface area (Å²) in [6.07, 6.45) is 0. The number of primary sulfonamides is 1. The lowest BCUT2D eigenvalue weighted by Gasteiger charge is -2.06. The highest BCUT2D eigenvalue weighted by atomic mass is 32.2. The minimum atomic E-state index is -4.15. The first-order valence-corrected chi connectivity index (χ1v) is 8.20. The number of nitrogens with zero attached hydrogens (tertiary/aromatic N) is 1. The number of hydrogen-bond donors (Lipinski definition) is 1. The van der Waals surface area contributed by atoms with E-state index in [1.165, 1.54) is 12.1 Å². The van der Waals surface area contributed by atoms with Crippen LogP contribution in [-0.4, -0.2) is 13.3 Å². The van der Waals surface area contributed by atoms with Crippen LogP contribution in [0.2, 0.25) is 0 Å². The Balaban J connectivity index is 2.54. The summed E-state index contributed by atoms with van der Waals surface area (Å²) in [6, 6.07) is 11.4. The van der Waals surface area contributed by atoms with Gasteiger partial charge in [-0.15, -0.1) is 0 Å². The van der Waals surface area contributed by atoms with Gasteiger partial charge in [-0.2, -0.15) is 0 Å². The van der Waals surface area contributed by atoms with Gasteiger partial charge >= 0.3 is 5.69 Å². The minimum Gasteiger partial charge on any atom is -0.258 e. The van der Waals surface area contributed by atoms with Gasteiger partial charge in [0.2, 0.25) is 10.0 Å². The molecule has 0 radical (unpaired) electrons. The summed E-state index contributed by atoms with van der Waals surface area (Å²) in [4.78, 5) is 11.0. The third kappa shape index (κ3) is 3.60. The number of benzene rings is 2. The van der Waals surface area contributed by atoms with Gasteiger partial charge in [-0.3, -0.25) is 10.1 Å². The lowest BCUT2D eigenvalue weighted by atomic mass is 10.2. The molecule has 8 heteroatoms. The number of para-hydroxylation sites is 1. The molecule has 0 heterocycles. The SMILES string of the molecule is Cc1ccc(Sc2cccc(S(N)(=O)=O)c2[N+](=O)[O-])cc1. The van der Waals surface area contributed by atoms with E-state index in [9.17, 15) is 18.5 Å². The highest BCUT2D eigenvalue weighted by molar-refractivity contribution is 7.99. The van der Waals surface area contributed by atoms with Crippen molar-refractivity contribution in [1.29, 1.82) is 0 Å². The number of nitrogens with two attached hydrogens (primary N) is 1. The standard InChI is InChI=1S/C13H12N2O4S2/c1-9-5-7-10(8-6-9)20-11-3-2-4-12(21(14,18)19)13(11)15(16)17/h2-8H,1H3,(H2,14,18,19). The van der Waals surface area contributed by atoms with E-state index in [-0.39, 0.29) is 4.90 Å². The van der Waals surface area contributed by atoms with Gasteiger partial charge in [-0.1, -0.05) is 35.5 Å². The lowest BCUT2D eigenvalue weighted by Crippen LogP contribution is -2.14. The first kappa shape index (κ1) is 15.5. The zero-order chi connectivity index (χ0) is 15.6. The van der Waals surface area contributed by atoms with E-state index in [0.29, 0.717) is 0 Å². The van der Waals surface area contributed by atoms with Crippen LogP contribution < -0.4 is 5.14 Å². The summed E-state index contributed by atoms with van der Waals surface area (Å²) in [7, 11) is -4.15. The third-order valence-electron chi connectivity index (χ3n) is 2.70. The second-order valence-electron chi connectivity index (χ2n) is 4.32. The normalized spacial score (nSPS) is 11.3. The quantitative estimate of drug-likeness (QED) is 0.688. The molecule has 0 fully saturated rings. The average molecular weight is 324 g/mol. The summed E-state index contributed by atoms with van der Waals surface area (Å²) in [5.41, 5.74) is 0.567. The maximum atomic E-state index is 11.5. The number of hydrogen-bond acceptors (Lipinski definition) is 5. The van der Waals surface area contributed by atoms with Gasteiger partial charge in [0, 0.05) is 4.90 Å². The highest BCUT2D eigenvalue weighted by Gasteiger charge is 2.26. The largest absolute Gasteiger partial charge is 0.303 e. The molecule has 0 bridgehead atoms. The molecule has 2 aromatic carbocycles. The van der Waals surface area contributed by atoms with E-state index in [4.69, 9.17) is 5.14 Å². The first-order chi connectivity index (χ1) is 9.79. The van der Waals surface area contributed by atoms with Crippen molar-refractivity contribution in [1.82, 2.24) is 0 Å². The molecule has 2 rings (SSSR count). The molecule has 6 nitrogen and oxygen atoms in total. The molecule has 0 unspecified atom stereocenters. The maximum absolute atomic E-state index is 11.5. The van der Waals surface area contributed by atoms with Crippen LogP contribution in [-0.2, 0) is 10.0 Å². The molecule has 21 heavy (non-hydrogen) atoms. The Kier molecular flexibility index (Phi) is 4.31. The Labute approximate surface area is 126 Å². The predicted molar refractivity (Wildman–Crippen MR) is 79.8 cm³/mol. The van der Waals surface area contributed by atoms with Gasteiger partial charge < -0.3 is 0 Å². The number of aryl methyl sites for hydroxylation is 1. The first-order valence-electron chi connectivity index (χ1n) is 5.84. The van der Waals surface area contributed by atoms with Gasteiger partial charge in [0.05, 0.1) is 9.82 Å². The fourth-order valence-corrected chi connectivity index (χ4v) is 3.47. The number of sulfonamides is 1. The van der Waals surface area contributed by atoms with Crippen molar-refractivity contribution in [2.75, 3.05) is 0 Å². The molecule has 0 saturated carbocycles. The Bertz CT molecular complexity index is 786. The van der Waals surface area contributed by atoms with Gasteiger partial charge in [0.25, 0.3) is 0 Å². The predicted octanol–water partition coefficient (Wildman–Crippen LogP) is 2.70. The van der Waals surface area contributed by atoms with Crippen LogP contribution in [0.1, 0.15) is 5.56 Å². The van der Waals surface area contributed by atoms with E-state index in [1.54, 1.807) is 0 Å². The Morgan fingerprint density at radius 1 is 1.14 bits per heavy atom. The monoisotopic (exact) mass is 324 g/mol. The van der Waals surface area contributed by atoms with Crippen molar-refractivity contribution in [2.24, 2.45) is 5.14 Å². The Morgan fingerprint density at radius 3 is 2.29 bits per heavy atom. The molecular weight excluding hydrogens is 312 g/mol. The van der Waals surface area contributed by atoms with Gasteiger partial charge in [-0.05, 0) is 31.2 Å². The average Bonchev–Trinajstić information content (AvgIpc) is 2.40. The summed E-state index contributed by atoms with van der Waals surface area (Å²) in [6.45, 7) is 1.93.